The van der Waals surface area contributed by atoms with Crippen molar-refractivity contribution in [3.05, 3.63) is 64.1 Å². The molecule has 0 heterocycles. The number of nitrogens with zero attached hydrogens (tertiary/aromatic N) is 1. The molecule has 0 saturated carbocycles. The minimum atomic E-state index is -0.127. The lowest BCUT2D eigenvalue weighted by atomic mass is 10.2. The van der Waals surface area contributed by atoms with Crippen molar-refractivity contribution in [3.8, 4) is 0 Å². The van der Waals surface area contributed by atoms with Crippen molar-refractivity contribution in [1.29, 1.82) is 0 Å². The van der Waals surface area contributed by atoms with Gasteiger partial charge in [0.05, 0.1) is 17.3 Å². The second kappa shape index (κ2) is 7.46. The molecule has 0 atom stereocenters. The Morgan fingerprint density at radius 1 is 1.14 bits per heavy atom. The van der Waals surface area contributed by atoms with Crippen LogP contribution in [0.2, 0.25) is 10.0 Å². The van der Waals surface area contributed by atoms with Gasteiger partial charge in [0.2, 0.25) is 5.91 Å². The van der Waals surface area contributed by atoms with Gasteiger partial charge in [-0.05, 0) is 30.8 Å². The van der Waals surface area contributed by atoms with Crippen LogP contribution >= 0.6 is 23.2 Å². The van der Waals surface area contributed by atoms with Crippen molar-refractivity contribution < 1.29 is 4.79 Å². The molecule has 0 spiro atoms. The first-order chi connectivity index (χ1) is 10.0. The molecule has 0 aliphatic rings. The van der Waals surface area contributed by atoms with Crippen LogP contribution < -0.4 is 5.32 Å². The standard InChI is InChI=1S/C16H16Cl2N2O/c1-20(10-12-5-3-2-4-6-12)11-16(21)19-15-9-13(17)7-8-14(15)18/h2-9H,10-11H2,1H3,(H,19,21). The maximum atomic E-state index is 12.0. The van der Waals surface area contributed by atoms with E-state index in [9.17, 15) is 4.79 Å². The number of amides is 1. The summed E-state index contributed by atoms with van der Waals surface area (Å²) in [4.78, 5) is 14.0. The van der Waals surface area contributed by atoms with Crippen LogP contribution in [0.3, 0.4) is 0 Å². The van der Waals surface area contributed by atoms with Crippen molar-refractivity contribution >= 4 is 34.8 Å². The summed E-state index contributed by atoms with van der Waals surface area (Å²) in [5.74, 6) is -0.127. The molecule has 5 heteroatoms. The van der Waals surface area contributed by atoms with E-state index in [0.29, 0.717) is 22.3 Å². The monoisotopic (exact) mass is 322 g/mol. The Morgan fingerprint density at radius 3 is 2.57 bits per heavy atom. The Morgan fingerprint density at radius 2 is 1.86 bits per heavy atom. The topological polar surface area (TPSA) is 32.3 Å². The number of likely N-dealkylation sites (N-methyl/N-ethyl adjacent to an activating group) is 1. The molecule has 0 aliphatic carbocycles. The van der Waals surface area contributed by atoms with E-state index in [4.69, 9.17) is 23.2 Å². The van der Waals surface area contributed by atoms with E-state index in [1.807, 2.05) is 42.3 Å². The normalized spacial score (nSPS) is 10.7. The third-order valence-corrected chi connectivity index (χ3v) is 3.48. The lowest BCUT2D eigenvalue weighted by Gasteiger charge is -2.16. The van der Waals surface area contributed by atoms with Crippen molar-refractivity contribution in [2.75, 3.05) is 18.9 Å². The van der Waals surface area contributed by atoms with Gasteiger partial charge < -0.3 is 5.32 Å². The zero-order valence-electron chi connectivity index (χ0n) is 11.6. The van der Waals surface area contributed by atoms with E-state index in [1.54, 1.807) is 18.2 Å². The predicted molar refractivity (Wildman–Crippen MR) is 87.9 cm³/mol. The SMILES string of the molecule is CN(CC(=O)Nc1cc(Cl)ccc1Cl)Cc1ccccc1. The van der Waals surface area contributed by atoms with Crippen molar-refractivity contribution in [2.45, 2.75) is 6.54 Å². The number of nitrogens with one attached hydrogen (secondary N) is 1. The number of halogens is 2. The predicted octanol–water partition coefficient (Wildman–Crippen LogP) is 4.06. The van der Waals surface area contributed by atoms with Crippen molar-refractivity contribution in [2.24, 2.45) is 0 Å². The minimum absolute atomic E-state index is 0.127. The molecule has 2 rings (SSSR count). The average molecular weight is 323 g/mol. The summed E-state index contributed by atoms with van der Waals surface area (Å²) in [7, 11) is 1.89. The van der Waals surface area contributed by atoms with Crippen LogP contribution in [0.5, 0.6) is 0 Å². The molecule has 110 valence electrons. The molecule has 1 N–H and O–H groups in total. The fourth-order valence-electron chi connectivity index (χ4n) is 1.98. The van der Waals surface area contributed by atoms with Gasteiger partial charge in [0, 0.05) is 11.6 Å². The lowest BCUT2D eigenvalue weighted by molar-refractivity contribution is -0.117. The van der Waals surface area contributed by atoms with E-state index in [1.165, 1.54) is 0 Å². The first kappa shape index (κ1) is 15.8. The highest BCUT2D eigenvalue weighted by molar-refractivity contribution is 6.35. The Kier molecular flexibility index (Phi) is 5.62. The van der Waals surface area contributed by atoms with Crippen LogP contribution in [-0.2, 0) is 11.3 Å². The molecule has 0 saturated heterocycles. The van der Waals surface area contributed by atoms with Crippen LogP contribution in [0, 0.1) is 0 Å². The highest BCUT2D eigenvalue weighted by Crippen LogP contribution is 2.25. The fourth-order valence-corrected chi connectivity index (χ4v) is 2.32. The van der Waals surface area contributed by atoms with E-state index in [0.717, 1.165) is 5.56 Å². The summed E-state index contributed by atoms with van der Waals surface area (Å²) in [6.07, 6.45) is 0. The van der Waals surface area contributed by atoms with E-state index in [-0.39, 0.29) is 12.5 Å². The summed E-state index contributed by atoms with van der Waals surface area (Å²) in [6.45, 7) is 0.981. The summed E-state index contributed by atoms with van der Waals surface area (Å²) in [5, 5.41) is 3.78. The van der Waals surface area contributed by atoms with E-state index >= 15 is 0 Å². The van der Waals surface area contributed by atoms with E-state index < -0.39 is 0 Å². The van der Waals surface area contributed by atoms with Gasteiger partial charge in [-0.3, -0.25) is 9.69 Å². The molecule has 0 aliphatic heterocycles. The van der Waals surface area contributed by atoms with Crippen LogP contribution in [-0.4, -0.2) is 24.4 Å². The largest absolute Gasteiger partial charge is 0.324 e. The second-order valence-corrected chi connectivity index (χ2v) is 5.67. The van der Waals surface area contributed by atoms with E-state index in [2.05, 4.69) is 5.32 Å². The Labute approximate surface area is 134 Å². The first-order valence-corrected chi connectivity index (χ1v) is 7.27. The average Bonchev–Trinajstić information content (AvgIpc) is 2.43. The highest BCUT2D eigenvalue weighted by atomic mass is 35.5. The quantitative estimate of drug-likeness (QED) is 0.900. The maximum absolute atomic E-state index is 12.0. The minimum Gasteiger partial charge on any atom is -0.324 e. The third kappa shape index (κ3) is 5.05. The number of hydrogen-bond acceptors (Lipinski definition) is 2. The number of benzene rings is 2. The third-order valence-electron chi connectivity index (χ3n) is 2.91. The van der Waals surface area contributed by atoms with Gasteiger partial charge in [-0.15, -0.1) is 0 Å². The number of carbonyl (C=O) groups excluding carboxylic acids is 1. The maximum Gasteiger partial charge on any atom is 0.238 e. The summed E-state index contributed by atoms with van der Waals surface area (Å²) in [5.41, 5.74) is 1.69. The number of hydrogen-bond donors (Lipinski definition) is 1. The first-order valence-electron chi connectivity index (χ1n) is 6.52. The molecule has 0 unspecified atom stereocenters. The highest BCUT2D eigenvalue weighted by Gasteiger charge is 2.09. The van der Waals surface area contributed by atoms with Crippen LogP contribution in [0.1, 0.15) is 5.56 Å². The zero-order chi connectivity index (χ0) is 15.2. The molecular formula is C16H16Cl2N2O. The number of anilines is 1. The molecule has 0 fully saturated rings. The second-order valence-electron chi connectivity index (χ2n) is 4.83. The number of carbonyl (C=O) groups is 1. The van der Waals surface area contributed by atoms with Gasteiger partial charge >= 0.3 is 0 Å². The molecular weight excluding hydrogens is 307 g/mol. The van der Waals surface area contributed by atoms with Crippen molar-refractivity contribution in [1.82, 2.24) is 4.90 Å². The summed E-state index contributed by atoms with van der Waals surface area (Å²) < 4.78 is 0. The molecule has 2 aromatic carbocycles. The van der Waals surface area contributed by atoms with Gasteiger partial charge in [0.1, 0.15) is 0 Å². The fraction of sp³-hybridized carbons (Fsp3) is 0.188. The molecule has 0 bridgehead atoms. The molecule has 1 amide bonds. The van der Waals surface area contributed by atoms with Crippen molar-refractivity contribution in [3.63, 3.8) is 0 Å². The zero-order valence-corrected chi connectivity index (χ0v) is 13.2. The van der Waals surface area contributed by atoms with Gasteiger partial charge in [-0.1, -0.05) is 53.5 Å². The Balaban J connectivity index is 1.91. The molecule has 3 nitrogen and oxygen atoms in total. The lowest BCUT2D eigenvalue weighted by Crippen LogP contribution is -2.29. The Bertz CT molecular complexity index is 617. The molecule has 0 radical (unpaired) electrons. The molecule has 21 heavy (non-hydrogen) atoms. The molecule has 2 aromatic rings. The Hall–Kier alpha value is -1.55. The smallest absolute Gasteiger partial charge is 0.238 e. The van der Waals surface area contributed by atoms with Gasteiger partial charge in [0.25, 0.3) is 0 Å². The van der Waals surface area contributed by atoms with Crippen LogP contribution in [0.25, 0.3) is 0 Å². The van der Waals surface area contributed by atoms with Gasteiger partial charge in [0.15, 0.2) is 0 Å². The van der Waals surface area contributed by atoms with Gasteiger partial charge in [-0.25, -0.2) is 0 Å². The van der Waals surface area contributed by atoms with Crippen LogP contribution in [0.4, 0.5) is 5.69 Å². The summed E-state index contributed by atoms with van der Waals surface area (Å²) >= 11 is 11.9. The van der Waals surface area contributed by atoms with Crippen LogP contribution in [0.15, 0.2) is 48.5 Å². The molecule has 0 aromatic heterocycles. The van der Waals surface area contributed by atoms with Gasteiger partial charge in [-0.2, -0.15) is 0 Å². The number of rotatable bonds is 5. The summed E-state index contributed by atoms with van der Waals surface area (Å²) in [6, 6.07) is 15.0.